The topological polar surface area (TPSA) is 37.8 Å². The van der Waals surface area contributed by atoms with Crippen LogP contribution in [-0.2, 0) is 0 Å². The summed E-state index contributed by atoms with van der Waals surface area (Å²) in [5, 5.41) is 3.53. The third-order valence-electron chi connectivity index (χ3n) is 2.98. The van der Waals surface area contributed by atoms with Crippen molar-refractivity contribution in [2.24, 2.45) is 0 Å². The molecule has 3 nitrogen and oxygen atoms in total. The van der Waals surface area contributed by atoms with E-state index in [0.717, 1.165) is 38.9 Å². The van der Waals surface area contributed by atoms with Crippen LogP contribution in [-0.4, -0.2) is 16.5 Å². The smallest absolute Gasteiger partial charge is 0.0777 e. The van der Waals surface area contributed by atoms with Gasteiger partial charge in [0.25, 0.3) is 0 Å². The maximum Gasteiger partial charge on any atom is 0.0777 e. The Labute approximate surface area is 136 Å². The Balaban J connectivity index is 2.38. The molecule has 0 aliphatic heterocycles. The van der Waals surface area contributed by atoms with Gasteiger partial charge in [0.15, 0.2) is 0 Å². The highest BCUT2D eigenvalue weighted by atomic mass is 79.9. The fourth-order valence-electron chi connectivity index (χ4n) is 1.95. The second kappa shape index (κ2) is 7.29. The lowest BCUT2D eigenvalue weighted by atomic mass is 10.0. The van der Waals surface area contributed by atoms with E-state index in [9.17, 15) is 0 Å². The summed E-state index contributed by atoms with van der Waals surface area (Å²) in [6, 6.07) is 6.20. The van der Waals surface area contributed by atoms with Crippen LogP contribution < -0.4 is 5.32 Å². The Morgan fingerprint density at radius 1 is 1.20 bits per heavy atom. The van der Waals surface area contributed by atoms with Crippen LogP contribution in [0.15, 0.2) is 39.5 Å². The van der Waals surface area contributed by atoms with Crippen LogP contribution >= 0.6 is 31.9 Å². The standard InChI is InChI=1S/C15H17Br2N3/c1-3-6-18-14(11-5-4-10(2)19-8-11)15-13(17)7-12(16)9-20-15/h4-5,7-9,14,18H,3,6H2,1-2H3. The molecule has 0 aliphatic rings. The number of halogens is 2. The van der Waals surface area contributed by atoms with Gasteiger partial charge in [0.2, 0.25) is 0 Å². The molecule has 2 aromatic rings. The van der Waals surface area contributed by atoms with E-state index in [1.807, 2.05) is 31.5 Å². The number of nitrogens with zero attached hydrogens (tertiary/aromatic N) is 2. The van der Waals surface area contributed by atoms with Crippen molar-refractivity contribution in [2.75, 3.05) is 6.54 Å². The van der Waals surface area contributed by atoms with Crippen molar-refractivity contribution in [2.45, 2.75) is 26.3 Å². The molecule has 0 saturated carbocycles. The van der Waals surface area contributed by atoms with Crippen LogP contribution in [0.25, 0.3) is 0 Å². The van der Waals surface area contributed by atoms with Gasteiger partial charge in [0.1, 0.15) is 0 Å². The summed E-state index contributed by atoms with van der Waals surface area (Å²) >= 11 is 7.04. The molecule has 2 aromatic heterocycles. The van der Waals surface area contributed by atoms with E-state index >= 15 is 0 Å². The van der Waals surface area contributed by atoms with Gasteiger partial charge in [-0.2, -0.15) is 0 Å². The molecule has 20 heavy (non-hydrogen) atoms. The van der Waals surface area contributed by atoms with Crippen molar-refractivity contribution in [3.63, 3.8) is 0 Å². The summed E-state index contributed by atoms with van der Waals surface area (Å²) < 4.78 is 1.95. The first kappa shape index (κ1) is 15.6. The molecular weight excluding hydrogens is 382 g/mol. The first-order chi connectivity index (χ1) is 9.61. The lowest BCUT2D eigenvalue weighted by Crippen LogP contribution is -2.24. The van der Waals surface area contributed by atoms with E-state index in [1.165, 1.54) is 0 Å². The Bertz CT molecular complexity index is 570. The third kappa shape index (κ3) is 3.87. The second-order valence-electron chi connectivity index (χ2n) is 4.64. The Hall–Kier alpha value is -0.780. The molecule has 5 heteroatoms. The van der Waals surface area contributed by atoms with Gasteiger partial charge in [-0.3, -0.25) is 9.97 Å². The molecule has 1 N–H and O–H groups in total. The third-order valence-corrected chi connectivity index (χ3v) is 4.04. The van der Waals surface area contributed by atoms with Crippen LogP contribution in [0.3, 0.4) is 0 Å². The van der Waals surface area contributed by atoms with Crippen LogP contribution in [0, 0.1) is 6.92 Å². The maximum absolute atomic E-state index is 4.55. The summed E-state index contributed by atoms with van der Waals surface area (Å²) in [4.78, 5) is 8.93. The van der Waals surface area contributed by atoms with Crippen LogP contribution in [0.4, 0.5) is 0 Å². The predicted molar refractivity (Wildman–Crippen MR) is 88.7 cm³/mol. The molecule has 0 bridgehead atoms. The number of nitrogens with one attached hydrogen (secondary N) is 1. The molecule has 0 spiro atoms. The highest BCUT2D eigenvalue weighted by Gasteiger charge is 2.18. The van der Waals surface area contributed by atoms with Crippen LogP contribution in [0.5, 0.6) is 0 Å². The fraction of sp³-hybridized carbons (Fsp3) is 0.333. The number of pyridine rings is 2. The molecular formula is C15H17Br2N3. The molecule has 0 radical (unpaired) electrons. The van der Waals surface area contributed by atoms with Gasteiger partial charge in [-0.1, -0.05) is 13.0 Å². The van der Waals surface area contributed by atoms with Crippen molar-refractivity contribution in [3.8, 4) is 0 Å². The quantitative estimate of drug-likeness (QED) is 0.810. The van der Waals surface area contributed by atoms with Gasteiger partial charge >= 0.3 is 0 Å². The number of aryl methyl sites for hydroxylation is 1. The van der Waals surface area contributed by atoms with Crippen molar-refractivity contribution in [3.05, 3.63) is 56.5 Å². The zero-order valence-corrected chi connectivity index (χ0v) is 14.7. The second-order valence-corrected chi connectivity index (χ2v) is 6.41. The van der Waals surface area contributed by atoms with E-state index < -0.39 is 0 Å². The van der Waals surface area contributed by atoms with Crippen molar-refractivity contribution >= 4 is 31.9 Å². The number of hydrogen-bond acceptors (Lipinski definition) is 3. The van der Waals surface area contributed by atoms with Crippen molar-refractivity contribution in [1.82, 2.24) is 15.3 Å². The monoisotopic (exact) mass is 397 g/mol. The molecule has 0 aliphatic carbocycles. The highest BCUT2D eigenvalue weighted by molar-refractivity contribution is 9.11. The normalized spacial score (nSPS) is 12.4. The lowest BCUT2D eigenvalue weighted by molar-refractivity contribution is 0.582. The minimum absolute atomic E-state index is 0.0468. The molecule has 1 unspecified atom stereocenters. The van der Waals surface area contributed by atoms with E-state index in [-0.39, 0.29) is 6.04 Å². The molecule has 0 amide bonds. The highest BCUT2D eigenvalue weighted by Crippen LogP contribution is 2.28. The van der Waals surface area contributed by atoms with E-state index in [2.05, 4.69) is 60.1 Å². The number of rotatable bonds is 5. The molecule has 0 saturated heterocycles. The van der Waals surface area contributed by atoms with Crippen LogP contribution in [0.2, 0.25) is 0 Å². The van der Waals surface area contributed by atoms with Crippen molar-refractivity contribution in [1.29, 1.82) is 0 Å². The summed E-state index contributed by atoms with van der Waals surface area (Å²) in [6.45, 7) is 5.08. The minimum Gasteiger partial charge on any atom is -0.305 e. The molecule has 0 fully saturated rings. The molecule has 2 rings (SSSR count). The fourth-order valence-corrected chi connectivity index (χ4v) is 3.17. The Morgan fingerprint density at radius 2 is 2.00 bits per heavy atom. The Kier molecular flexibility index (Phi) is 5.69. The summed E-state index contributed by atoms with van der Waals surface area (Å²) in [5.74, 6) is 0. The zero-order valence-electron chi connectivity index (χ0n) is 11.5. The van der Waals surface area contributed by atoms with Crippen LogP contribution in [0.1, 0.15) is 36.3 Å². The first-order valence-electron chi connectivity index (χ1n) is 6.58. The largest absolute Gasteiger partial charge is 0.305 e. The summed E-state index contributed by atoms with van der Waals surface area (Å²) in [5.41, 5.74) is 3.12. The minimum atomic E-state index is 0.0468. The van der Waals surface area contributed by atoms with Gasteiger partial charge in [0, 0.05) is 27.0 Å². The molecule has 106 valence electrons. The zero-order chi connectivity index (χ0) is 14.5. The van der Waals surface area contributed by atoms with E-state index in [1.54, 1.807) is 0 Å². The summed E-state index contributed by atoms with van der Waals surface area (Å²) in [7, 11) is 0. The summed E-state index contributed by atoms with van der Waals surface area (Å²) in [6.07, 6.45) is 4.81. The Morgan fingerprint density at radius 3 is 2.60 bits per heavy atom. The van der Waals surface area contributed by atoms with Gasteiger partial charge in [-0.15, -0.1) is 0 Å². The average molecular weight is 399 g/mol. The SMILES string of the molecule is CCCNC(c1ccc(C)nc1)c1ncc(Br)cc1Br. The number of hydrogen-bond donors (Lipinski definition) is 1. The molecule has 1 atom stereocenters. The average Bonchev–Trinajstić information content (AvgIpc) is 2.42. The van der Waals surface area contributed by atoms with E-state index in [0.29, 0.717) is 0 Å². The maximum atomic E-state index is 4.55. The van der Waals surface area contributed by atoms with Gasteiger partial charge in [-0.05, 0) is 69.4 Å². The molecule has 2 heterocycles. The van der Waals surface area contributed by atoms with Gasteiger partial charge in [-0.25, -0.2) is 0 Å². The predicted octanol–water partition coefficient (Wildman–Crippen LogP) is 4.40. The van der Waals surface area contributed by atoms with E-state index in [4.69, 9.17) is 0 Å². The first-order valence-corrected chi connectivity index (χ1v) is 8.17. The molecule has 0 aromatic carbocycles. The van der Waals surface area contributed by atoms with Gasteiger partial charge < -0.3 is 5.32 Å². The van der Waals surface area contributed by atoms with Crippen molar-refractivity contribution < 1.29 is 0 Å². The number of aromatic nitrogens is 2. The lowest BCUT2D eigenvalue weighted by Gasteiger charge is -2.19. The van der Waals surface area contributed by atoms with Gasteiger partial charge in [0.05, 0.1) is 11.7 Å².